The van der Waals surface area contributed by atoms with Crippen molar-refractivity contribution in [3.8, 4) is 0 Å². The molecule has 1 aromatic rings. The number of benzene rings is 1. The summed E-state index contributed by atoms with van der Waals surface area (Å²) in [6.45, 7) is 30.7. The molecule has 1 fully saturated rings. The molecule has 1 aromatic carbocycles. The van der Waals surface area contributed by atoms with E-state index in [-0.39, 0.29) is 65.4 Å². The molecule has 1 unspecified atom stereocenters. The van der Waals surface area contributed by atoms with Crippen LogP contribution in [0.2, 0.25) is 0 Å². The Kier molecular flexibility index (Phi) is 31.1. The highest BCUT2D eigenvalue weighted by Crippen LogP contribution is 2.23. The largest absolute Gasteiger partial charge is 0.336 e. The summed E-state index contributed by atoms with van der Waals surface area (Å²) in [5, 5.41) is 13.0. The molecule has 1 saturated heterocycles. The zero-order valence-electron chi connectivity index (χ0n) is 41.5. The molecule has 3 N–H and O–H groups in total. The van der Waals surface area contributed by atoms with Crippen molar-refractivity contribution in [2.24, 2.45) is 40.6 Å². The van der Waals surface area contributed by atoms with Crippen molar-refractivity contribution in [3.05, 3.63) is 45.8 Å². The van der Waals surface area contributed by atoms with E-state index in [1.54, 1.807) is 0 Å². The third-order valence-electron chi connectivity index (χ3n) is 10.9. The number of rotatable bonds is 27. The standard InChI is InChI=1S/C19H36O2.C16H24N4O.C15H29N3O2/c1-6-7-12-18(20)13-10-8-9-11-17(14-15(2)3)19(21)16(4)5;1-11(2)16(21)15(19-12(3)4)9-13-5-7-14(8-6-13)10-18-20-17;1-10(2)14(19)13(17-11(3)4)8-16-15(20)18-7-6-12(5)9-18/h15-17H,6-14H2,1-5H3;5-8,11-12,15,19H,9-10H2,1-4H3;10-13,17H,6-9H2,1-5H3,(H,16,20)/t17-;15-;12?,13-/m100/s1. The molecule has 62 heavy (non-hydrogen) atoms. The fraction of sp³-hybridized carbons (Fsp3) is 0.780. The number of nitrogens with one attached hydrogen (secondary N) is 3. The first kappa shape index (κ1) is 58.4. The van der Waals surface area contributed by atoms with Crippen LogP contribution in [0, 0.1) is 35.5 Å². The van der Waals surface area contributed by atoms with Crippen LogP contribution in [-0.2, 0) is 32.1 Å². The second-order valence-corrected chi connectivity index (χ2v) is 19.4. The predicted octanol–water partition coefficient (Wildman–Crippen LogP) is 10.8. The SMILES string of the molecule is CC(C)N[C@@H](Cc1ccc(CN=[N+]=[N-])cc1)C(=O)C(C)C.CC1CCN(C(=O)NC[C@H](NC(C)C)C(=O)C(C)C)C1.CCCCC(=O)CCCCC[C@H](CC(C)C)C(=O)C(C)C. The molecule has 12 nitrogen and oxygen atoms in total. The molecule has 0 spiro atoms. The van der Waals surface area contributed by atoms with Gasteiger partial charge < -0.3 is 20.9 Å². The van der Waals surface area contributed by atoms with Gasteiger partial charge in [0.15, 0.2) is 11.6 Å². The van der Waals surface area contributed by atoms with E-state index in [9.17, 15) is 24.0 Å². The van der Waals surface area contributed by atoms with Crippen LogP contribution in [0.3, 0.4) is 0 Å². The average molecular weight is 868 g/mol. The van der Waals surface area contributed by atoms with Crippen molar-refractivity contribution >= 4 is 29.2 Å². The lowest BCUT2D eigenvalue weighted by molar-refractivity contribution is -0.127. The maximum atomic E-state index is 12.3. The van der Waals surface area contributed by atoms with Gasteiger partial charge in [-0.25, -0.2) is 4.79 Å². The van der Waals surface area contributed by atoms with E-state index >= 15 is 0 Å². The third kappa shape index (κ3) is 26.8. The maximum absolute atomic E-state index is 12.3. The van der Waals surface area contributed by atoms with E-state index in [1.807, 2.05) is 98.4 Å². The Bertz CT molecular complexity index is 1480. The van der Waals surface area contributed by atoms with Crippen molar-refractivity contribution < 1.29 is 24.0 Å². The number of unbranched alkanes of at least 4 members (excludes halogenated alkanes) is 3. The Morgan fingerprint density at radius 3 is 1.76 bits per heavy atom. The molecular formula is C50H89N7O5. The number of carbonyl (C=O) groups excluding carboxylic acids is 5. The number of hydrogen-bond donors (Lipinski definition) is 3. The number of Topliss-reactive ketones (excluding diaryl/α,β-unsaturated/α-hetero) is 4. The highest BCUT2D eigenvalue weighted by molar-refractivity contribution is 5.87. The van der Waals surface area contributed by atoms with Crippen molar-refractivity contribution in [2.45, 2.75) is 198 Å². The summed E-state index contributed by atoms with van der Waals surface area (Å²) in [7, 11) is 0. The van der Waals surface area contributed by atoms with Crippen LogP contribution in [0.1, 0.15) is 172 Å². The molecule has 0 aliphatic carbocycles. The van der Waals surface area contributed by atoms with Crippen LogP contribution < -0.4 is 16.0 Å². The summed E-state index contributed by atoms with van der Waals surface area (Å²) < 4.78 is 0. The molecule has 0 aromatic heterocycles. The summed E-state index contributed by atoms with van der Waals surface area (Å²) in [4.78, 5) is 64.8. The zero-order chi connectivity index (χ0) is 47.4. The van der Waals surface area contributed by atoms with E-state index in [2.05, 4.69) is 53.7 Å². The number of likely N-dealkylation sites (tertiary alicyclic amines) is 1. The van der Waals surface area contributed by atoms with Crippen molar-refractivity contribution in [1.82, 2.24) is 20.9 Å². The summed E-state index contributed by atoms with van der Waals surface area (Å²) in [6, 6.07) is 7.82. The van der Waals surface area contributed by atoms with Crippen LogP contribution in [0.15, 0.2) is 29.4 Å². The topological polar surface area (TPSA) is 173 Å². The summed E-state index contributed by atoms with van der Waals surface area (Å²) in [6.07, 6.45) is 10.5. The molecule has 4 atom stereocenters. The number of amides is 2. The van der Waals surface area contributed by atoms with Crippen molar-refractivity contribution in [2.75, 3.05) is 19.6 Å². The lowest BCUT2D eigenvalue weighted by Crippen LogP contribution is -2.51. The Hall–Kier alpha value is -3.60. The number of azide groups is 1. The molecule has 0 radical (unpaired) electrons. The van der Waals surface area contributed by atoms with Gasteiger partial charge in [0.1, 0.15) is 11.6 Å². The Morgan fingerprint density at radius 2 is 1.27 bits per heavy atom. The molecule has 2 amide bonds. The minimum absolute atomic E-state index is 0.0190. The molecular weight excluding hydrogens is 779 g/mol. The van der Waals surface area contributed by atoms with Crippen LogP contribution >= 0.6 is 0 Å². The number of hydrogen-bond acceptors (Lipinski definition) is 8. The molecule has 1 aliphatic heterocycles. The summed E-state index contributed by atoms with van der Waals surface area (Å²) in [5.41, 5.74) is 10.4. The van der Waals surface area contributed by atoms with Gasteiger partial charge in [-0.05, 0) is 67.0 Å². The van der Waals surface area contributed by atoms with Crippen molar-refractivity contribution in [3.63, 3.8) is 0 Å². The smallest absolute Gasteiger partial charge is 0.317 e. The molecule has 0 saturated carbocycles. The van der Waals surface area contributed by atoms with Crippen molar-refractivity contribution in [1.29, 1.82) is 0 Å². The van der Waals surface area contributed by atoms with Gasteiger partial charge in [-0.3, -0.25) is 19.2 Å². The van der Waals surface area contributed by atoms with E-state index in [4.69, 9.17) is 5.53 Å². The minimum atomic E-state index is -0.307. The second-order valence-electron chi connectivity index (χ2n) is 19.4. The Morgan fingerprint density at radius 1 is 0.742 bits per heavy atom. The number of carbonyl (C=O) groups is 5. The molecule has 2 rings (SSSR count). The molecule has 1 heterocycles. The van der Waals surface area contributed by atoms with E-state index in [1.165, 1.54) is 0 Å². The van der Waals surface area contributed by atoms with E-state index in [0.717, 1.165) is 88.4 Å². The maximum Gasteiger partial charge on any atom is 0.317 e. The predicted molar refractivity (Wildman–Crippen MR) is 256 cm³/mol. The minimum Gasteiger partial charge on any atom is -0.336 e. The lowest BCUT2D eigenvalue weighted by atomic mass is 9.84. The average Bonchev–Trinajstić information content (AvgIpc) is 3.65. The Balaban J connectivity index is 0.000000900. The molecule has 354 valence electrons. The van der Waals surface area contributed by atoms with Crippen LogP contribution in [-0.4, -0.2) is 77.9 Å². The van der Waals surface area contributed by atoms with E-state index in [0.29, 0.717) is 42.9 Å². The third-order valence-corrected chi connectivity index (χ3v) is 10.9. The second kappa shape index (κ2) is 33.0. The van der Waals surface area contributed by atoms with Gasteiger partial charge in [0.25, 0.3) is 0 Å². The highest BCUT2D eigenvalue weighted by atomic mass is 16.2. The first-order valence-electron chi connectivity index (χ1n) is 23.9. The van der Waals surface area contributed by atoms with Gasteiger partial charge in [-0.2, -0.15) is 0 Å². The quantitative estimate of drug-likeness (QED) is 0.0341. The fourth-order valence-corrected chi connectivity index (χ4v) is 7.45. The normalized spacial score (nSPS) is 15.2. The first-order valence-corrected chi connectivity index (χ1v) is 23.9. The van der Waals surface area contributed by atoms with Gasteiger partial charge in [-0.15, -0.1) is 0 Å². The molecule has 0 bridgehead atoms. The number of ketones is 4. The molecule has 12 heteroatoms. The van der Waals surface area contributed by atoms with Gasteiger partial charge >= 0.3 is 6.03 Å². The molecule has 1 aliphatic rings. The number of urea groups is 1. The summed E-state index contributed by atoms with van der Waals surface area (Å²) >= 11 is 0. The fourth-order valence-electron chi connectivity index (χ4n) is 7.45. The first-order chi connectivity index (χ1) is 29.1. The van der Waals surface area contributed by atoms with Crippen LogP contribution in [0.25, 0.3) is 10.4 Å². The number of nitrogens with zero attached hydrogens (tertiary/aromatic N) is 4. The summed E-state index contributed by atoms with van der Waals surface area (Å²) in [5.74, 6) is 2.72. The van der Waals surface area contributed by atoms with E-state index < -0.39 is 0 Å². The highest BCUT2D eigenvalue weighted by Gasteiger charge is 2.27. The monoisotopic (exact) mass is 868 g/mol. The Labute approximate surface area is 377 Å². The van der Waals surface area contributed by atoms with Gasteiger partial charge in [-0.1, -0.05) is 146 Å². The van der Waals surface area contributed by atoms with Gasteiger partial charge in [0.2, 0.25) is 0 Å². The zero-order valence-corrected chi connectivity index (χ0v) is 41.5. The van der Waals surface area contributed by atoms with Gasteiger partial charge in [0, 0.05) is 73.1 Å². The van der Waals surface area contributed by atoms with Gasteiger partial charge in [0.05, 0.1) is 18.6 Å². The lowest BCUT2D eigenvalue weighted by Gasteiger charge is -2.24. The van der Waals surface area contributed by atoms with Crippen LogP contribution in [0.5, 0.6) is 0 Å². The van der Waals surface area contributed by atoms with Crippen LogP contribution in [0.4, 0.5) is 4.79 Å².